The third-order valence-corrected chi connectivity index (χ3v) is 6.47. The van der Waals surface area contributed by atoms with Crippen LogP contribution in [0, 0.1) is 12.8 Å². The first-order valence-electron chi connectivity index (χ1n) is 9.79. The topological polar surface area (TPSA) is 93.5 Å². The summed E-state index contributed by atoms with van der Waals surface area (Å²) in [7, 11) is 1.50. The van der Waals surface area contributed by atoms with Crippen LogP contribution in [-0.4, -0.2) is 46.6 Å². The van der Waals surface area contributed by atoms with Gasteiger partial charge in [-0.2, -0.15) is 0 Å². The van der Waals surface area contributed by atoms with Gasteiger partial charge >= 0.3 is 0 Å². The lowest BCUT2D eigenvalue weighted by Gasteiger charge is -2.31. The van der Waals surface area contributed by atoms with Gasteiger partial charge in [-0.1, -0.05) is 11.6 Å². The van der Waals surface area contributed by atoms with E-state index in [1.54, 1.807) is 41.5 Å². The number of thiophene rings is 1. The van der Waals surface area contributed by atoms with Crippen LogP contribution in [0.3, 0.4) is 0 Å². The van der Waals surface area contributed by atoms with Crippen LogP contribution in [0.2, 0.25) is 5.02 Å². The Morgan fingerprint density at radius 3 is 2.71 bits per heavy atom. The lowest BCUT2D eigenvalue weighted by molar-refractivity contribution is -0.122. The summed E-state index contributed by atoms with van der Waals surface area (Å²) in [4.78, 5) is 45.1. The van der Waals surface area contributed by atoms with E-state index >= 15 is 0 Å². The highest BCUT2D eigenvalue weighted by atomic mass is 35.5. The predicted molar refractivity (Wildman–Crippen MR) is 120 cm³/mol. The maximum absolute atomic E-state index is 12.9. The first-order valence-corrected chi connectivity index (χ1v) is 11.1. The highest BCUT2D eigenvalue weighted by Gasteiger charge is 2.29. The second kappa shape index (κ2) is 8.68. The van der Waals surface area contributed by atoms with Gasteiger partial charge in [0.1, 0.15) is 16.4 Å². The van der Waals surface area contributed by atoms with E-state index in [1.165, 1.54) is 23.1 Å². The highest BCUT2D eigenvalue weighted by Crippen LogP contribution is 2.26. The number of rotatable bonds is 4. The minimum absolute atomic E-state index is 0.183. The number of halogens is 1. The van der Waals surface area contributed by atoms with Gasteiger partial charge in [0.05, 0.1) is 18.1 Å². The van der Waals surface area contributed by atoms with Gasteiger partial charge in [-0.3, -0.25) is 19.8 Å². The van der Waals surface area contributed by atoms with Crippen LogP contribution in [-0.2, 0) is 4.79 Å². The second-order valence-corrected chi connectivity index (χ2v) is 8.66. The number of aryl methyl sites for hydroxylation is 1. The van der Waals surface area contributed by atoms with Crippen LogP contribution >= 0.6 is 22.9 Å². The molecule has 1 aromatic carbocycles. The third-order valence-electron chi connectivity index (χ3n) is 5.43. The van der Waals surface area contributed by atoms with Crippen molar-refractivity contribution in [3.8, 4) is 5.75 Å². The molecule has 0 unspecified atom stereocenters. The van der Waals surface area contributed by atoms with Crippen molar-refractivity contribution in [2.45, 2.75) is 19.8 Å². The average Bonchev–Trinajstić information content (AvgIpc) is 3.24. The number of aromatic nitrogens is 2. The fourth-order valence-corrected chi connectivity index (χ4v) is 4.68. The molecule has 0 aliphatic carbocycles. The molecule has 2 aromatic heterocycles. The molecule has 2 amide bonds. The van der Waals surface area contributed by atoms with Crippen LogP contribution in [0.5, 0.6) is 5.75 Å². The van der Waals surface area contributed by atoms with E-state index in [-0.39, 0.29) is 23.3 Å². The molecule has 4 rings (SSSR count). The Morgan fingerprint density at radius 2 is 2.00 bits per heavy atom. The molecule has 162 valence electrons. The van der Waals surface area contributed by atoms with E-state index < -0.39 is 0 Å². The van der Waals surface area contributed by atoms with Gasteiger partial charge in [-0.05, 0) is 49.4 Å². The summed E-state index contributed by atoms with van der Waals surface area (Å²) in [6, 6.07) is 6.62. The van der Waals surface area contributed by atoms with Gasteiger partial charge in [-0.25, -0.2) is 9.66 Å². The van der Waals surface area contributed by atoms with Gasteiger partial charge < -0.3 is 9.64 Å². The zero-order chi connectivity index (χ0) is 22.1. The molecule has 0 atom stereocenters. The summed E-state index contributed by atoms with van der Waals surface area (Å²) < 4.78 is 6.48. The first-order chi connectivity index (χ1) is 14.9. The van der Waals surface area contributed by atoms with Crippen LogP contribution in [0.1, 0.15) is 29.0 Å². The molecular weight excluding hydrogens is 440 g/mol. The van der Waals surface area contributed by atoms with Crippen molar-refractivity contribution in [1.82, 2.24) is 14.6 Å². The Morgan fingerprint density at radius 1 is 1.26 bits per heavy atom. The Labute approximate surface area is 187 Å². The van der Waals surface area contributed by atoms with Gasteiger partial charge in [0.2, 0.25) is 5.91 Å². The molecule has 0 saturated carbocycles. The molecule has 8 nitrogen and oxygen atoms in total. The van der Waals surface area contributed by atoms with Crippen molar-refractivity contribution in [1.29, 1.82) is 0 Å². The smallest absolute Gasteiger partial charge is 0.281 e. The van der Waals surface area contributed by atoms with Crippen molar-refractivity contribution < 1.29 is 14.3 Å². The minimum Gasteiger partial charge on any atom is -0.496 e. The average molecular weight is 461 g/mol. The molecule has 3 aromatic rings. The van der Waals surface area contributed by atoms with E-state index in [0.717, 1.165) is 0 Å². The Kier molecular flexibility index (Phi) is 5.97. The normalized spacial score (nSPS) is 14.6. The number of nitrogens with one attached hydrogen (secondary N) is 1. The Hall–Kier alpha value is -2.91. The van der Waals surface area contributed by atoms with Crippen LogP contribution in [0.4, 0.5) is 0 Å². The van der Waals surface area contributed by atoms with E-state index in [0.29, 0.717) is 58.3 Å². The van der Waals surface area contributed by atoms with E-state index in [4.69, 9.17) is 16.3 Å². The van der Waals surface area contributed by atoms with E-state index in [2.05, 4.69) is 10.4 Å². The zero-order valence-corrected chi connectivity index (χ0v) is 18.6. The molecule has 31 heavy (non-hydrogen) atoms. The van der Waals surface area contributed by atoms with Crippen LogP contribution in [0.15, 0.2) is 34.4 Å². The molecule has 0 bridgehead atoms. The maximum atomic E-state index is 12.9. The van der Waals surface area contributed by atoms with Crippen molar-refractivity contribution in [3.63, 3.8) is 0 Å². The van der Waals surface area contributed by atoms with Gasteiger partial charge in [0.15, 0.2) is 0 Å². The molecule has 1 N–H and O–H groups in total. The fourth-order valence-electron chi connectivity index (χ4n) is 3.71. The number of carbonyl (C=O) groups is 2. The van der Waals surface area contributed by atoms with Crippen LogP contribution < -0.4 is 15.7 Å². The number of piperidine rings is 1. The van der Waals surface area contributed by atoms with E-state index in [1.807, 2.05) is 0 Å². The quantitative estimate of drug-likeness (QED) is 0.645. The number of ether oxygens (including phenoxy) is 1. The number of nitrogens with zero attached hydrogens (tertiary/aromatic N) is 3. The summed E-state index contributed by atoms with van der Waals surface area (Å²) in [6.45, 7) is 2.52. The number of hydrogen-bond donors (Lipinski definition) is 1. The molecular formula is C21H21ClN4O4S. The summed E-state index contributed by atoms with van der Waals surface area (Å²) >= 11 is 7.43. The summed E-state index contributed by atoms with van der Waals surface area (Å²) in [5, 5.41) is 2.73. The molecule has 3 heterocycles. The third kappa shape index (κ3) is 4.15. The fraction of sp³-hybridized carbons (Fsp3) is 0.333. The Balaban J connectivity index is 1.43. The lowest BCUT2D eigenvalue weighted by Crippen LogP contribution is -2.44. The number of amides is 2. The summed E-state index contributed by atoms with van der Waals surface area (Å²) in [5.74, 6) is 0.135. The van der Waals surface area contributed by atoms with Crippen molar-refractivity contribution in [2.75, 3.05) is 25.6 Å². The Bertz CT molecular complexity index is 1210. The van der Waals surface area contributed by atoms with Crippen LogP contribution in [0.25, 0.3) is 10.2 Å². The number of benzene rings is 1. The molecule has 0 spiro atoms. The lowest BCUT2D eigenvalue weighted by atomic mass is 9.95. The SMILES string of the molecule is COc1ccc(Cl)cc1C(=O)N1CCC(C(=O)Nn2c(C)nc3sccc3c2=O)CC1. The standard InChI is InChI=1S/C21H21ClN4O4S/c1-12-23-19-15(7-10-31-19)21(29)26(12)24-18(27)13-5-8-25(9-6-13)20(28)16-11-14(22)3-4-17(16)30-2/h3-4,7,10-11,13H,5-6,8-9H2,1-2H3,(H,24,27). The maximum Gasteiger partial charge on any atom is 0.281 e. The number of hydrogen-bond acceptors (Lipinski definition) is 6. The minimum atomic E-state index is -0.310. The van der Waals surface area contributed by atoms with Crippen molar-refractivity contribution in [2.24, 2.45) is 5.92 Å². The number of methoxy groups -OCH3 is 1. The van der Waals surface area contributed by atoms with E-state index in [9.17, 15) is 14.4 Å². The molecule has 1 fully saturated rings. The second-order valence-electron chi connectivity index (χ2n) is 7.33. The first kappa shape index (κ1) is 21.3. The van der Waals surface area contributed by atoms with Gasteiger partial charge in [-0.15, -0.1) is 11.3 Å². The van der Waals surface area contributed by atoms with Gasteiger partial charge in [0.25, 0.3) is 11.5 Å². The zero-order valence-electron chi connectivity index (χ0n) is 17.1. The summed E-state index contributed by atoms with van der Waals surface area (Å²) in [6.07, 6.45) is 0.977. The largest absolute Gasteiger partial charge is 0.496 e. The number of likely N-dealkylation sites (tertiary alicyclic amines) is 1. The molecule has 10 heteroatoms. The monoisotopic (exact) mass is 460 g/mol. The molecule has 1 saturated heterocycles. The molecule has 1 aliphatic rings. The number of fused-ring (bicyclic) bond motifs is 1. The van der Waals surface area contributed by atoms with Gasteiger partial charge in [0, 0.05) is 24.0 Å². The molecule has 0 radical (unpaired) electrons. The highest BCUT2D eigenvalue weighted by molar-refractivity contribution is 7.16. The van der Waals surface area contributed by atoms with Crippen molar-refractivity contribution >= 4 is 45.0 Å². The molecule has 1 aliphatic heterocycles. The predicted octanol–water partition coefficient (Wildman–Crippen LogP) is 3.05. The van der Waals surface area contributed by atoms with Crippen molar-refractivity contribution in [3.05, 3.63) is 56.4 Å². The summed E-state index contributed by atoms with van der Waals surface area (Å²) in [5.41, 5.74) is 2.80. The number of carbonyl (C=O) groups excluding carboxylic acids is 2.